The molecule has 2 aliphatic heterocycles. The lowest BCUT2D eigenvalue weighted by molar-refractivity contribution is 0.0939. The first-order valence-electron chi connectivity index (χ1n) is 7.10. The van der Waals surface area contributed by atoms with Gasteiger partial charge < -0.3 is 9.30 Å². The van der Waals surface area contributed by atoms with Crippen LogP contribution in [0.5, 0.6) is 0 Å². The Morgan fingerprint density at radius 2 is 2.25 bits per heavy atom. The van der Waals surface area contributed by atoms with Gasteiger partial charge in [0.25, 0.3) is 0 Å². The molecule has 0 radical (unpaired) electrons. The molecule has 106 valence electrons. The second kappa shape index (κ2) is 4.62. The van der Waals surface area contributed by atoms with Crippen molar-refractivity contribution in [2.45, 2.75) is 49.8 Å². The van der Waals surface area contributed by atoms with Crippen LogP contribution in [0.4, 0.5) is 0 Å². The van der Waals surface area contributed by atoms with Crippen LogP contribution in [0, 0.1) is 0 Å². The number of hydrogen-bond donors (Lipinski definition) is 0. The molecule has 0 saturated carbocycles. The molecule has 3 heterocycles. The number of rotatable bonds is 2. The molecule has 2 saturated heterocycles. The molecule has 2 aromatic rings. The molecule has 2 aliphatic rings. The van der Waals surface area contributed by atoms with Crippen molar-refractivity contribution >= 4 is 34.2 Å². The maximum Gasteiger partial charge on any atom is 0.128 e. The van der Waals surface area contributed by atoms with Gasteiger partial charge in [-0.3, -0.25) is 0 Å². The van der Waals surface area contributed by atoms with Crippen LogP contribution >= 0.6 is 23.2 Å². The van der Waals surface area contributed by atoms with Crippen molar-refractivity contribution in [2.75, 3.05) is 0 Å². The minimum Gasteiger partial charge on any atom is -0.373 e. The third kappa shape index (κ3) is 1.87. The zero-order valence-electron chi connectivity index (χ0n) is 11.2. The number of halogens is 2. The summed E-state index contributed by atoms with van der Waals surface area (Å²) in [5.74, 6) is 0.921. The highest BCUT2D eigenvalue weighted by molar-refractivity contribution is 6.31. The summed E-state index contributed by atoms with van der Waals surface area (Å²) in [7, 11) is 0. The number of hydrogen-bond acceptors (Lipinski definition) is 2. The lowest BCUT2D eigenvalue weighted by Gasteiger charge is -2.24. The SMILES string of the molecule is CC(Cl)c1nc2ccc(Cl)cc2n1C1CC2CCC1O2. The fourth-order valence-corrected chi connectivity index (χ4v) is 3.92. The quantitative estimate of drug-likeness (QED) is 0.765. The smallest absolute Gasteiger partial charge is 0.128 e. The Hall–Kier alpha value is -0.770. The number of imidazole rings is 1. The van der Waals surface area contributed by atoms with E-state index in [2.05, 4.69) is 4.57 Å². The van der Waals surface area contributed by atoms with E-state index < -0.39 is 0 Å². The summed E-state index contributed by atoms with van der Waals surface area (Å²) < 4.78 is 8.26. The Labute approximate surface area is 127 Å². The predicted molar refractivity (Wildman–Crippen MR) is 80.6 cm³/mol. The maximum atomic E-state index is 6.34. The summed E-state index contributed by atoms with van der Waals surface area (Å²) >= 11 is 12.5. The molecule has 0 aliphatic carbocycles. The Balaban J connectivity index is 1.91. The van der Waals surface area contributed by atoms with Gasteiger partial charge in [0.2, 0.25) is 0 Å². The predicted octanol–water partition coefficient (Wildman–Crippen LogP) is 4.48. The third-order valence-electron chi connectivity index (χ3n) is 4.44. The van der Waals surface area contributed by atoms with Crippen molar-refractivity contribution in [3.05, 3.63) is 29.0 Å². The van der Waals surface area contributed by atoms with E-state index in [1.54, 1.807) is 0 Å². The zero-order valence-corrected chi connectivity index (χ0v) is 12.7. The molecule has 0 spiro atoms. The summed E-state index contributed by atoms with van der Waals surface area (Å²) in [5, 5.41) is 0.608. The van der Waals surface area contributed by atoms with Crippen LogP contribution in [0.15, 0.2) is 18.2 Å². The summed E-state index contributed by atoms with van der Waals surface area (Å²) in [5.41, 5.74) is 2.03. The van der Waals surface area contributed by atoms with Crippen LogP contribution in [0.1, 0.15) is 43.4 Å². The molecule has 2 fully saturated rings. The van der Waals surface area contributed by atoms with Crippen LogP contribution in [0.3, 0.4) is 0 Å². The molecule has 4 unspecified atom stereocenters. The van der Waals surface area contributed by atoms with Gasteiger partial charge in [-0.1, -0.05) is 11.6 Å². The fourth-order valence-electron chi connectivity index (χ4n) is 3.60. The molecule has 4 rings (SSSR count). The van der Waals surface area contributed by atoms with Gasteiger partial charge in [0, 0.05) is 5.02 Å². The highest BCUT2D eigenvalue weighted by Gasteiger charge is 2.43. The number of alkyl halides is 1. The highest BCUT2D eigenvalue weighted by atomic mass is 35.5. The van der Waals surface area contributed by atoms with E-state index in [9.17, 15) is 0 Å². The molecule has 1 aromatic heterocycles. The highest BCUT2D eigenvalue weighted by Crippen LogP contribution is 2.44. The van der Waals surface area contributed by atoms with E-state index in [1.807, 2.05) is 25.1 Å². The van der Waals surface area contributed by atoms with Gasteiger partial charge in [0.1, 0.15) is 5.82 Å². The van der Waals surface area contributed by atoms with Crippen molar-refractivity contribution in [3.63, 3.8) is 0 Å². The Kier molecular flexibility index (Phi) is 2.99. The minimum absolute atomic E-state index is 0.125. The van der Waals surface area contributed by atoms with E-state index in [-0.39, 0.29) is 5.38 Å². The van der Waals surface area contributed by atoms with Crippen LogP contribution in [0.2, 0.25) is 5.02 Å². The molecule has 20 heavy (non-hydrogen) atoms. The maximum absolute atomic E-state index is 6.34. The first-order chi connectivity index (χ1) is 9.63. The Bertz CT molecular complexity index is 667. The van der Waals surface area contributed by atoms with E-state index in [0.717, 1.165) is 34.7 Å². The van der Waals surface area contributed by atoms with E-state index in [0.29, 0.717) is 18.2 Å². The minimum atomic E-state index is -0.125. The molecular formula is C15H16Cl2N2O. The summed E-state index contributed by atoms with van der Waals surface area (Å²) in [6.07, 6.45) is 4.07. The fraction of sp³-hybridized carbons (Fsp3) is 0.533. The number of ether oxygens (including phenoxy) is 1. The van der Waals surface area contributed by atoms with E-state index in [4.69, 9.17) is 32.9 Å². The van der Waals surface area contributed by atoms with Crippen molar-refractivity contribution < 1.29 is 4.74 Å². The molecule has 0 N–H and O–H groups in total. The van der Waals surface area contributed by atoms with Gasteiger partial charge in [0.05, 0.1) is 34.7 Å². The summed E-state index contributed by atoms with van der Waals surface area (Å²) in [6, 6.07) is 6.17. The Morgan fingerprint density at radius 3 is 2.90 bits per heavy atom. The van der Waals surface area contributed by atoms with Gasteiger partial charge in [-0.15, -0.1) is 11.6 Å². The van der Waals surface area contributed by atoms with Crippen LogP contribution < -0.4 is 0 Å². The lowest BCUT2D eigenvalue weighted by Crippen LogP contribution is -2.22. The first-order valence-corrected chi connectivity index (χ1v) is 7.92. The average molecular weight is 311 g/mol. The van der Waals surface area contributed by atoms with Gasteiger partial charge in [-0.2, -0.15) is 0 Å². The largest absolute Gasteiger partial charge is 0.373 e. The van der Waals surface area contributed by atoms with Gasteiger partial charge in [-0.25, -0.2) is 4.98 Å². The normalized spacial score (nSPS) is 30.2. The second-order valence-electron chi connectivity index (χ2n) is 5.77. The third-order valence-corrected chi connectivity index (χ3v) is 4.87. The second-order valence-corrected chi connectivity index (χ2v) is 6.86. The number of aromatic nitrogens is 2. The monoisotopic (exact) mass is 310 g/mol. The number of benzene rings is 1. The molecule has 0 amide bonds. The first kappa shape index (κ1) is 12.9. The average Bonchev–Trinajstić information content (AvgIpc) is 3.10. The van der Waals surface area contributed by atoms with Crippen LogP contribution in [-0.2, 0) is 4.74 Å². The van der Waals surface area contributed by atoms with E-state index >= 15 is 0 Å². The molecule has 3 nitrogen and oxygen atoms in total. The van der Waals surface area contributed by atoms with Gasteiger partial charge in [0.15, 0.2) is 0 Å². The Morgan fingerprint density at radius 1 is 1.40 bits per heavy atom. The van der Waals surface area contributed by atoms with Crippen LogP contribution in [-0.4, -0.2) is 21.8 Å². The van der Waals surface area contributed by atoms with Crippen molar-refractivity contribution in [3.8, 4) is 0 Å². The zero-order chi connectivity index (χ0) is 13.9. The molecule has 4 atom stereocenters. The van der Waals surface area contributed by atoms with Crippen molar-refractivity contribution in [1.29, 1.82) is 0 Å². The molecule has 5 heteroatoms. The van der Waals surface area contributed by atoms with Gasteiger partial charge >= 0.3 is 0 Å². The molecular weight excluding hydrogens is 295 g/mol. The van der Waals surface area contributed by atoms with Crippen molar-refractivity contribution in [1.82, 2.24) is 9.55 Å². The standard InChI is InChI=1S/C15H16Cl2N2O/c1-8(16)15-18-11-4-2-9(17)6-12(11)19(15)13-7-10-3-5-14(13)20-10/h2,4,6,8,10,13-14H,3,5,7H2,1H3. The van der Waals surface area contributed by atoms with Crippen LogP contribution in [0.25, 0.3) is 11.0 Å². The summed E-state index contributed by atoms with van der Waals surface area (Å²) in [6.45, 7) is 1.97. The summed E-state index contributed by atoms with van der Waals surface area (Å²) in [4.78, 5) is 4.70. The van der Waals surface area contributed by atoms with E-state index in [1.165, 1.54) is 6.42 Å². The molecule has 2 bridgehead atoms. The topological polar surface area (TPSA) is 27.1 Å². The molecule has 1 aromatic carbocycles. The van der Waals surface area contributed by atoms with Crippen molar-refractivity contribution in [2.24, 2.45) is 0 Å². The number of nitrogens with zero attached hydrogens (tertiary/aromatic N) is 2. The number of fused-ring (bicyclic) bond motifs is 3. The van der Waals surface area contributed by atoms with Gasteiger partial charge in [-0.05, 0) is 44.4 Å². The lowest BCUT2D eigenvalue weighted by atomic mass is 9.95.